The van der Waals surface area contributed by atoms with Gasteiger partial charge < -0.3 is 14.1 Å². The predicted molar refractivity (Wildman–Crippen MR) is 157 cm³/mol. The Morgan fingerprint density at radius 3 is 2.45 bits per heavy atom. The zero-order chi connectivity index (χ0) is 30.0. The summed E-state index contributed by atoms with van der Waals surface area (Å²) in [5, 5.41) is 21.6. The molecule has 1 aliphatic rings. The summed E-state index contributed by atoms with van der Waals surface area (Å²) in [4.78, 5) is 37.9. The molecule has 0 N–H and O–H groups in total. The maximum atomic E-state index is 13.4. The van der Waals surface area contributed by atoms with Crippen LogP contribution in [-0.2, 0) is 38.8 Å². The van der Waals surface area contributed by atoms with E-state index in [4.69, 9.17) is 33.0 Å². The van der Waals surface area contributed by atoms with Crippen molar-refractivity contribution in [3.63, 3.8) is 0 Å². The Kier molecular flexibility index (Phi) is 10.1. The average Bonchev–Trinajstić information content (AvgIpc) is 3.25. The Bertz CT molecular complexity index is 1270. The zero-order valence-corrected chi connectivity index (χ0v) is 26.7. The van der Waals surface area contributed by atoms with Gasteiger partial charge in [0, 0.05) is 19.2 Å². The van der Waals surface area contributed by atoms with Gasteiger partial charge >= 0.3 is 5.97 Å². The number of aryl methyl sites for hydroxylation is 1. The van der Waals surface area contributed by atoms with Gasteiger partial charge in [-0.1, -0.05) is 56.4 Å². The number of tetrazole rings is 1. The van der Waals surface area contributed by atoms with Crippen LogP contribution in [0.25, 0.3) is 0 Å². The Balaban J connectivity index is 1.75. The molecule has 2 aromatic rings. The molecule has 1 saturated heterocycles. The van der Waals surface area contributed by atoms with E-state index >= 15 is 0 Å². The molecule has 0 spiro atoms. The number of halogens is 1. The molecule has 1 aromatic heterocycles. The molecule has 0 radical (unpaired) electrons. The average molecular weight is 629 g/mol. The van der Waals surface area contributed by atoms with Gasteiger partial charge in [0.05, 0.1) is 32.9 Å². The summed E-state index contributed by atoms with van der Waals surface area (Å²) >= 11 is 13.4. The van der Waals surface area contributed by atoms with E-state index in [2.05, 4.69) is 49.4 Å². The number of esters is 1. The number of aromatic nitrogens is 4. The minimum atomic E-state index is -2.21. The Labute approximate surface area is 248 Å². The number of carbonyl (C=O) groups excluding carboxylic acids is 2. The number of amides is 1. The summed E-state index contributed by atoms with van der Waals surface area (Å²) in [7, 11) is -0.510. The number of ether oxygens (including phenoxy) is 1. The number of thiocarbonyl (C=S) groups is 1. The molecular weight excluding hydrogens is 596 g/mol. The summed E-state index contributed by atoms with van der Waals surface area (Å²) in [5.74, 6) is -1.18. The Morgan fingerprint density at radius 2 is 1.93 bits per heavy atom. The first kappa shape index (κ1) is 32.1. The summed E-state index contributed by atoms with van der Waals surface area (Å²) in [5.41, 5.74) is -0.945. The van der Waals surface area contributed by atoms with Gasteiger partial charge in [-0.05, 0) is 53.2 Å². The lowest BCUT2D eigenvalue weighted by molar-refractivity contribution is -0.384. The van der Waals surface area contributed by atoms with Gasteiger partial charge in [-0.2, -0.15) is 0 Å². The fourth-order valence-electron chi connectivity index (χ4n) is 3.78. The van der Waals surface area contributed by atoms with Gasteiger partial charge in [-0.15, -0.1) is 5.10 Å². The smallest absolute Gasteiger partial charge is 0.345 e. The highest BCUT2D eigenvalue weighted by atomic mass is 35.5. The van der Waals surface area contributed by atoms with Crippen molar-refractivity contribution >= 4 is 65.7 Å². The van der Waals surface area contributed by atoms with Crippen LogP contribution in [0, 0.1) is 16.0 Å². The van der Waals surface area contributed by atoms with Crippen molar-refractivity contribution in [3.05, 3.63) is 45.8 Å². The number of nitro groups is 1. The molecule has 1 amide bonds. The zero-order valence-electron chi connectivity index (χ0n) is 23.4. The van der Waals surface area contributed by atoms with E-state index in [9.17, 15) is 19.7 Å². The third-order valence-electron chi connectivity index (χ3n) is 7.14. The van der Waals surface area contributed by atoms with E-state index in [-0.39, 0.29) is 29.7 Å². The fraction of sp³-hybridized carbons (Fsp3) is 0.583. The molecular formula is C24H33ClN6O6S2Si. The number of carbonyl (C=O) groups is 2. The van der Waals surface area contributed by atoms with Crippen molar-refractivity contribution in [2.24, 2.45) is 13.0 Å². The van der Waals surface area contributed by atoms with Crippen molar-refractivity contribution < 1.29 is 23.7 Å². The maximum Gasteiger partial charge on any atom is 0.345 e. The number of likely N-dealkylation sites (tertiary alicyclic amines) is 1. The standard InChI is InChI=1S/C24H33ClN6O6S2Si/c1-14(37-40(6,7)24(2,3)4)19-21(32)30(22(19)39-18(38)12-17-26-27-28-29(17)5)20(25)23(33)36-13-15-8-10-16(11-9-15)31(34)35/h8-11,14,19-20,22H,12-13H2,1-7H3/t14-,19-,20-,22-/m1/s1. The van der Waals surface area contributed by atoms with Gasteiger partial charge in [0.15, 0.2) is 14.1 Å². The highest BCUT2D eigenvalue weighted by Crippen LogP contribution is 2.45. The van der Waals surface area contributed by atoms with Crippen molar-refractivity contribution in [1.82, 2.24) is 25.1 Å². The lowest BCUT2D eigenvalue weighted by atomic mass is 9.93. The molecule has 2 heterocycles. The van der Waals surface area contributed by atoms with Crippen molar-refractivity contribution in [2.45, 2.75) is 75.8 Å². The predicted octanol–water partition coefficient (Wildman–Crippen LogP) is 4.22. The van der Waals surface area contributed by atoms with Gasteiger partial charge in [-0.25, -0.2) is 9.48 Å². The molecule has 16 heteroatoms. The Hall–Kier alpha value is -2.46. The van der Waals surface area contributed by atoms with Crippen LogP contribution in [0.1, 0.15) is 39.1 Å². The second-order valence-electron chi connectivity index (χ2n) is 11.0. The van der Waals surface area contributed by atoms with E-state index in [0.717, 1.165) is 0 Å². The number of rotatable bonds is 11. The number of non-ortho nitro benzene ring substituents is 1. The van der Waals surface area contributed by atoms with Crippen LogP contribution >= 0.6 is 35.6 Å². The molecule has 4 atom stereocenters. The topological polar surface area (TPSA) is 143 Å². The molecule has 40 heavy (non-hydrogen) atoms. The van der Waals surface area contributed by atoms with E-state index < -0.39 is 42.1 Å². The van der Waals surface area contributed by atoms with Crippen LogP contribution in [0.3, 0.4) is 0 Å². The molecule has 1 aliphatic heterocycles. The van der Waals surface area contributed by atoms with Crippen molar-refractivity contribution in [2.75, 3.05) is 0 Å². The summed E-state index contributed by atoms with van der Waals surface area (Å²) in [6.45, 7) is 12.3. The molecule has 0 bridgehead atoms. The monoisotopic (exact) mass is 628 g/mol. The van der Waals surface area contributed by atoms with Gasteiger partial charge in [0.25, 0.3) is 5.69 Å². The van der Waals surface area contributed by atoms with Crippen LogP contribution in [-0.4, -0.2) is 71.4 Å². The van der Waals surface area contributed by atoms with E-state index in [1.807, 2.05) is 6.92 Å². The number of alkyl halides is 1. The molecule has 218 valence electrons. The summed E-state index contributed by atoms with van der Waals surface area (Å²) in [6.07, 6.45) is -0.162. The van der Waals surface area contributed by atoms with Crippen LogP contribution in [0.5, 0.6) is 0 Å². The number of nitro benzene ring substituents is 1. The first-order chi connectivity index (χ1) is 18.5. The second kappa shape index (κ2) is 12.6. The van der Waals surface area contributed by atoms with Gasteiger partial charge in [0.1, 0.15) is 6.61 Å². The minimum absolute atomic E-state index is 0.0689. The number of hydrogen-bond donors (Lipinski definition) is 0. The van der Waals surface area contributed by atoms with E-state index in [1.165, 1.54) is 45.6 Å². The molecule has 3 rings (SSSR count). The first-order valence-electron chi connectivity index (χ1n) is 12.5. The number of β-lactam (4-membered cyclic amide) rings is 1. The number of benzene rings is 1. The molecule has 0 saturated carbocycles. The second-order valence-corrected chi connectivity index (χ2v) is 18.1. The first-order valence-corrected chi connectivity index (χ1v) is 17.1. The molecule has 0 unspecified atom stereocenters. The lowest BCUT2D eigenvalue weighted by Gasteiger charge is -2.51. The number of thioether (sulfide) groups is 1. The van der Waals surface area contributed by atoms with Gasteiger partial charge in [0.2, 0.25) is 11.4 Å². The molecule has 1 fully saturated rings. The maximum absolute atomic E-state index is 13.4. The fourth-order valence-corrected chi connectivity index (χ4v) is 7.29. The summed E-state index contributed by atoms with van der Waals surface area (Å²) in [6, 6.07) is 5.60. The molecule has 1 aromatic carbocycles. The minimum Gasteiger partial charge on any atom is -0.458 e. The Morgan fingerprint density at radius 1 is 1.30 bits per heavy atom. The van der Waals surface area contributed by atoms with Gasteiger partial charge in [-0.3, -0.25) is 14.9 Å². The van der Waals surface area contributed by atoms with E-state index in [1.54, 1.807) is 7.05 Å². The molecule has 0 aliphatic carbocycles. The van der Waals surface area contributed by atoms with E-state index in [0.29, 0.717) is 15.6 Å². The summed E-state index contributed by atoms with van der Waals surface area (Å²) < 4.78 is 13.9. The largest absolute Gasteiger partial charge is 0.458 e. The third-order valence-corrected chi connectivity index (χ3v) is 13.7. The quantitative estimate of drug-likeness (QED) is 0.0515. The highest BCUT2D eigenvalue weighted by molar-refractivity contribution is 8.23. The molecule has 12 nitrogen and oxygen atoms in total. The normalized spacial score (nSPS) is 19.1. The third kappa shape index (κ3) is 7.24. The number of hydrogen-bond acceptors (Lipinski definition) is 11. The lowest BCUT2D eigenvalue weighted by Crippen LogP contribution is -2.67. The van der Waals surface area contributed by atoms with Crippen LogP contribution in [0.2, 0.25) is 18.1 Å². The van der Waals surface area contributed by atoms with Crippen molar-refractivity contribution in [1.29, 1.82) is 0 Å². The number of nitrogens with zero attached hydrogens (tertiary/aromatic N) is 6. The highest BCUT2D eigenvalue weighted by Gasteiger charge is 2.56. The van der Waals surface area contributed by atoms with Crippen molar-refractivity contribution in [3.8, 4) is 0 Å². The van der Waals surface area contributed by atoms with Crippen LogP contribution < -0.4 is 0 Å². The van der Waals surface area contributed by atoms with Crippen LogP contribution in [0.15, 0.2) is 24.3 Å². The SMILES string of the molecule is C[C@@H](O[Si](C)(C)C(C)(C)C)[C@@H]1C(=O)N([C@@H](Cl)C(=O)OCc2ccc([N+](=O)[O-])cc2)[C@@H]1SC(=S)Cc1nnnn1C. The van der Waals surface area contributed by atoms with Crippen LogP contribution in [0.4, 0.5) is 5.69 Å².